The van der Waals surface area contributed by atoms with Crippen molar-refractivity contribution in [1.29, 1.82) is 0 Å². The molecule has 0 saturated heterocycles. The SMILES string of the molecule is COc1c(C)cnc(CSc2nc(C)c(C)n2CC(C)C)c1C. The molecule has 4 nitrogen and oxygen atoms in total. The predicted octanol–water partition coefficient (Wildman–Crippen LogP) is 4.47. The quantitative estimate of drug-likeness (QED) is 0.731. The molecule has 0 aliphatic heterocycles. The lowest BCUT2D eigenvalue weighted by Crippen LogP contribution is -2.08. The third-order valence-electron chi connectivity index (χ3n) is 4.06. The van der Waals surface area contributed by atoms with Crippen molar-refractivity contribution in [2.24, 2.45) is 5.92 Å². The maximum atomic E-state index is 5.50. The Morgan fingerprint density at radius 1 is 1.22 bits per heavy atom. The van der Waals surface area contributed by atoms with Crippen molar-refractivity contribution in [3.8, 4) is 5.75 Å². The molecule has 0 N–H and O–H groups in total. The number of ether oxygens (including phenoxy) is 1. The van der Waals surface area contributed by atoms with E-state index in [1.54, 1.807) is 18.9 Å². The zero-order valence-corrected chi connectivity index (χ0v) is 16.0. The molecule has 2 rings (SSSR count). The number of thioether (sulfide) groups is 1. The molecule has 0 atom stereocenters. The van der Waals surface area contributed by atoms with Crippen LogP contribution in [0.1, 0.15) is 42.1 Å². The molecule has 126 valence electrons. The summed E-state index contributed by atoms with van der Waals surface area (Å²) < 4.78 is 7.82. The molecule has 0 spiro atoms. The van der Waals surface area contributed by atoms with Crippen molar-refractivity contribution in [2.75, 3.05) is 7.11 Å². The summed E-state index contributed by atoms with van der Waals surface area (Å²) in [4.78, 5) is 9.32. The van der Waals surface area contributed by atoms with Crippen LogP contribution >= 0.6 is 11.8 Å². The van der Waals surface area contributed by atoms with Gasteiger partial charge in [0.25, 0.3) is 0 Å². The summed E-state index contributed by atoms with van der Waals surface area (Å²) >= 11 is 1.75. The van der Waals surface area contributed by atoms with Gasteiger partial charge in [-0.1, -0.05) is 25.6 Å². The van der Waals surface area contributed by atoms with Crippen LogP contribution in [0.15, 0.2) is 11.4 Å². The second-order valence-electron chi connectivity index (χ2n) is 6.40. The average molecular weight is 334 g/mol. The molecule has 0 saturated carbocycles. The van der Waals surface area contributed by atoms with Crippen molar-refractivity contribution >= 4 is 11.8 Å². The van der Waals surface area contributed by atoms with Crippen LogP contribution in [0.25, 0.3) is 0 Å². The molecule has 5 heteroatoms. The van der Waals surface area contributed by atoms with E-state index in [-0.39, 0.29) is 0 Å². The Labute approximate surface area is 143 Å². The summed E-state index contributed by atoms with van der Waals surface area (Å²) in [5, 5.41) is 1.08. The van der Waals surface area contributed by atoms with Gasteiger partial charge in [-0.15, -0.1) is 0 Å². The molecule has 0 fully saturated rings. The van der Waals surface area contributed by atoms with Crippen LogP contribution < -0.4 is 4.74 Å². The first-order chi connectivity index (χ1) is 10.8. The van der Waals surface area contributed by atoms with Crippen molar-refractivity contribution in [3.63, 3.8) is 0 Å². The number of rotatable bonds is 6. The van der Waals surface area contributed by atoms with E-state index in [1.807, 2.05) is 13.1 Å². The van der Waals surface area contributed by atoms with E-state index in [2.05, 4.69) is 44.2 Å². The number of methoxy groups -OCH3 is 1. The zero-order valence-electron chi connectivity index (χ0n) is 15.2. The fourth-order valence-electron chi connectivity index (χ4n) is 2.66. The molecule has 2 heterocycles. The number of nitrogens with zero attached hydrogens (tertiary/aromatic N) is 3. The molecular formula is C18H27N3OS. The highest BCUT2D eigenvalue weighted by Crippen LogP contribution is 2.30. The second kappa shape index (κ2) is 7.39. The van der Waals surface area contributed by atoms with Crippen molar-refractivity contribution in [1.82, 2.24) is 14.5 Å². The monoisotopic (exact) mass is 333 g/mol. The molecule has 0 bridgehead atoms. The highest BCUT2D eigenvalue weighted by atomic mass is 32.2. The van der Waals surface area contributed by atoms with E-state index >= 15 is 0 Å². The van der Waals surface area contributed by atoms with Gasteiger partial charge in [-0.3, -0.25) is 4.98 Å². The van der Waals surface area contributed by atoms with Gasteiger partial charge in [-0.25, -0.2) is 4.98 Å². The summed E-state index contributed by atoms with van der Waals surface area (Å²) in [7, 11) is 1.72. The van der Waals surface area contributed by atoms with E-state index < -0.39 is 0 Å². The molecule has 23 heavy (non-hydrogen) atoms. The van der Waals surface area contributed by atoms with Gasteiger partial charge in [-0.05, 0) is 33.6 Å². The summed E-state index contributed by atoms with van der Waals surface area (Å²) in [5.41, 5.74) is 5.63. The van der Waals surface area contributed by atoms with Gasteiger partial charge < -0.3 is 9.30 Å². The maximum absolute atomic E-state index is 5.50. The third kappa shape index (κ3) is 3.89. The first kappa shape index (κ1) is 17.9. The molecular weight excluding hydrogens is 306 g/mol. The highest BCUT2D eigenvalue weighted by Gasteiger charge is 2.15. The normalized spacial score (nSPS) is 11.3. The number of hydrogen-bond donors (Lipinski definition) is 0. The number of hydrogen-bond acceptors (Lipinski definition) is 4. The fraction of sp³-hybridized carbons (Fsp3) is 0.556. The first-order valence-corrected chi connectivity index (χ1v) is 8.99. The molecule has 0 aliphatic rings. The van der Waals surface area contributed by atoms with Crippen LogP contribution in [-0.4, -0.2) is 21.6 Å². The van der Waals surface area contributed by atoms with Gasteiger partial charge in [0, 0.05) is 35.3 Å². The Hall–Kier alpha value is -1.49. The first-order valence-electron chi connectivity index (χ1n) is 8.00. The summed E-state index contributed by atoms with van der Waals surface area (Å²) in [6, 6.07) is 0. The lowest BCUT2D eigenvalue weighted by molar-refractivity contribution is 0.407. The lowest BCUT2D eigenvalue weighted by Gasteiger charge is -2.14. The van der Waals surface area contributed by atoms with Crippen LogP contribution in [0.2, 0.25) is 0 Å². The smallest absolute Gasteiger partial charge is 0.168 e. The van der Waals surface area contributed by atoms with E-state index in [9.17, 15) is 0 Å². The number of pyridine rings is 1. The molecule has 0 radical (unpaired) electrons. The Kier molecular flexibility index (Phi) is 5.74. The lowest BCUT2D eigenvalue weighted by atomic mass is 10.1. The largest absolute Gasteiger partial charge is 0.496 e. The standard InChI is InChI=1S/C18H27N3OS/c1-11(2)9-21-15(6)14(5)20-18(21)23-10-16-13(4)17(22-7)12(3)8-19-16/h8,11H,9-10H2,1-7H3. The third-order valence-corrected chi connectivity index (χ3v) is 5.05. The Morgan fingerprint density at radius 3 is 2.52 bits per heavy atom. The van der Waals surface area contributed by atoms with Gasteiger partial charge in [-0.2, -0.15) is 0 Å². The molecule has 0 aliphatic carbocycles. The minimum Gasteiger partial charge on any atom is -0.496 e. The Bertz CT molecular complexity index is 692. The minimum absolute atomic E-state index is 0.598. The topological polar surface area (TPSA) is 39.9 Å². The van der Waals surface area contributed by atoms with Gasteiger partial charge in [0.15, 0.2) is 5.16 Å². The summed E-state index contributed by atoms with van der Waals surface area (Å²) in [6.45, 7) is 13.8. The molecule has 2 aromatic rings. The van der Waals surface area contributed by atoms with Crippen LogP contribution in [0, 0.1) is 33.6 Å². The minimum atomic E-state index is 0.598. The van der Waals surface area contributed by atoms with Gasteiger partial charge >= 0.3 is 0 Å². The van der Waals surface area contributed by atoms with Crippen LogP contribution in [0.5, 0.6) is 5.75 Å². The summed E-state index contributed by atoms with van der Waals surface area (Å²) in [5.74, 6) is 2.34. The predicted molar refractivity (Wildman–Crippen MR) is 96.4 cm³/mol. The maximum Gasteiger partial charge on any atom is 0.168 e. The van der Waals surface area contributed by atoms with Gasteiger partial charge in [0.2, 0.25) is 0 Å². The zero-order chi connectivity index (χ0) is 17.1. The fourth-order valence-corrected chi connectivity index (χ4v) is 3.79. The average Bonchev–Trinajstić information content (AvgIpc) is 2.74. The van der Waals surface area contributed by atoms with Crippen LogP contribution in [0.3, 0.4) is 0 Å². The molecule has 2 aromatic heterocycles. The van der Waals surface area contributed by atoms with Crippen molar-refractivity contribution in [3.05, 3.63) is 34.4 Å². The van der Waals surface area contributed by atoms with Crippen molar-refractivity contribution < 1.29 is 4.74 Å². The van der Waals surface area contributed by atoms with E-state index in [1.165, 1.54) is 5.69 Å². The van der Waals surface area contributed by atoms with Crippen LogP contribution in [-0.2, 0) is 12.3 Å². The van der Waals surface area contributed by atoms with Crippen LogP contribution in [0.4, 0.5) is 0 Å². The number of aryl methyl sites for hydroxylation is 2. The van der Waals surface area contributed by atoms with E-state index in [4.69, 9.17) is 9.72 Å². The van der Waals surface area contributed by atoms with E-state index in [0.29, 0.717) is 5.92 Å². The van der Waals surface area contributed by atoms with E-state index in [0.717, 1.165) is 45.7 Å². The van der Waals surface area contributed by atoms with Gasteiger partial charge in [0.1, 0.15) is 5.75 Å². The second-order valence-corrected chi connectivity index (χ2v) is 7.35. The highest BCUT2D eigenvalue weighted by molar-refractivity contribution is 7.98. The molecule has 0 aromatic carbocycles. The Balaban J connectivity index is 2.23. The number of aromatic nitrogens is 3. The number of imidazole rings is 1. The van der Waals surface area contributed by atoms with Gasteiger partial charge in [0.05, 0.1) is 18.5 Å². The Morgan fingerprint density at radius 2 is 1.91 bits per heavy atom. The molecule has 0 amide bonds. The molecule has 0 unspecified atom stereocenters. The van der Waals surface area contributed by atoms with Crippen molar-refractivity contribution in [2.45, 2.75) is 59.0 Å². The summed E-state index contributed by atoms with van der Waals surface area (Å²) in [6.07, 6.45) is 1.89.